The Labute approximate surface area is 92.6 Å². The average molecular weight is 220 g/mol. The fourth-order valence-corrected chi connectivity index (χ4v) is 1.79. The van der Waals surface area contributed by atoms with Crippen molar-refractivity contribution in [2.45, 2.75) is 19.9 Å². The Morgan fingerprint density at radius 2 is 2.33 bits per heavy atom. The molecule has 0 saturated carbocycles. The van der Waals surface area contributed by atoms with Crippen molar-refractivity contribution in [1.29, 1.82) is 0 Å². The monoisotopic (exact) mass is 220 g/mol. The van der Waals surface area contributed by atoms with Crippen LogP contribution in [-0.2, 0) is 13.0 Å². The Hall–Kier alpha value is -1.49. The molecule has 0 aliphatic carbocycles. The van der Waals surface area contributed by atoms with E-state index in [4.69, 9.17) is 0 Å². The molecule has 5 heteroatoms. The van der Waals surface area contributed by atoms with E-state index in [2.05, 4.69) is 32.6 Å². The molecule has 2 aromatic heterocycles. The van der Waals surface area contributed by atoms with Crippen LogP contribution in [0.3, 0.4) is 0 Å². The lowest BCUT2D eigenvalue weighted by atomic mass is 10.1. The molecule has 0 saturated heterocycles. The van der Waals surface area contributed by atoms with Gasteiger partial charge < -0.3 is 5.32 Å². The number of rotatable bonds is 4. The molecule has 1 N–H and O–H groups in total. The lowest BCUT2D eigenvalue weighted by Gasteiger charge is -2.06. The van der Waals surface area contributed by atoms with Gasteiger partial charge in [0.2, 0.25) is 5.13 Å². The first-order chi connectivity index (χ1) is 7.40. The van der Waals surface area contributed by atoms with Gasteiger partial charge in [0.05, 0.1) is 12.2 Å². The molecule has 0 radical (unpaired) electrons. The second-order valence-electron chi connectivity index (χ2n) is 3.06. The van der Waals surface area contributed by atoms with Crippen LogP contribution in [0.2, 0.25) is 0 Å². The first-order valence-electron chi connectivity index (χ1n) is 4.83. The van der Waals surface area contributed by atoms with Gasteiger partial charge in [0.15, 0.2) is 0 Å². The number of hydrogen-bond donors (Lipinski definition) is 1. The number of aryl methyl sites for hydroxylation is 1. The first kappa shape index (κ1) is 10.0. The predicted octanol–water partition coefficient (Wildman–Crippen LogP) is 2.11. The zero-order valence-corrected chi connectivity index (χ0v) is 9.29. The van der Waals surface area contributed by atoms with Crippen molar-refractivity contribution in [3.8, 4) is 0 Å². The second-order valence-corrected chi connectivity index (χ2v) is 3.84. The average Bonchev–Trinajstić information content (AvgIpc) is 2.79. The van der Waals surface area contributed by atoms with E-state index in [-0.39, 0.29) is 0 Å². The van der Waals surface area contributed by atoms with Gasteiger partial charge in [0.1, 0.15) is 6.33 Å². The molecule has 0 amide bonds. The predicted molar refractivity (Wildman–Crippen MR) is 60.9 cm³/mol. The van der Waals surface area contributed by atoms with E-state index in [1.54, 1.807) is 6.33 Å². The van der Waals surface area contributed by atoms with Gasteiger partial charge in [-0.3, -0.25) is 4.98 Å². The largest absolute Gasteiger partial charge is 0.355 e. The van der Waals surface area contributed by atoms with Crippen molar-refractivity contribution in [2.75, 3.05) is 5.32 Å². The summed E-state index contributed by atoms with van der Waals surface area (Å²) in [5.74, 6) is 0. The summed E-state index contributed by atoms with van der Waals surface area (Å²) < 4.78 is 3.92. The highest BCUT2D eigenvalue weighted by atomic mass is 32.1. The van der Waals surface area contributed by atoms with Crippen molar-refractivity contribution in [2.24, 2.45) is 0 Å². The SMILES string of the molecule is CCc1cccnc1CNc1ncns1. The maximum absolute atomic E-state index is 4.34. The molecule has 4 nitrogen and oxygen atoms in total. The Kier molecular flexibility index (Phi) is 3.24. The Morgan fingerprint density at radius 3 is 3.07 bits per heavy atom. The minimum atomic E-state index is 0.708. The van der Waals surface area contributed by atoms with Gasteiger partial charge in [-0.25, -0.2) is 4.98 Å². The zero-order chi connectivity index (χ0) is 10.5. The molecule has 0 aromatic carbocycles. The molecule has 2 aromatic rings. The summed E-state index contributed by atoms with van der Waals surface area (Å²) in [6.45, 7) is 2.84. The Bertz CT molecular complexity index is 413. The number of pyridine rings is 1. The van der Waals surface area contributed by atoms with E-state index in [9.17, 15) is 0 Å². The lowest BCUT2D eigenvalue weighted by molar-refractivity contribution is 0.969. The molecule has 0 bridgehead atoms. The summed E-state index contributed by atoms with van der Waals surface area (Å²) in [5, 5.41) is 4.03. The summed E-state index contributed by atoms with van der Waals surface area (Å²) in [5.41, 5.74) is 2.35. The van der Waals surface area contributed by atoms with E-state index in [1.807, 2.05) is 12.3 Å². The molecule has 2 rings (SSSR count). The molecule has 0 unspecified atom stereocenters. The smallest absolute Gasteiger partial charge is 0.202 e. The minimum absolute atomic E-state index is 0.708. The third-order valence-electron chi connectivity index (χ3n) is 2.13. The van der Waals surface area contributed by atoms with E-state index < -0.39 is 0 Å². The third kappa shape index (κ3) is 2.50. The van der Waals surface area contributed by atoms with Gasteiger partial charge >= 0.3 is 0 Å². The number of aromatic nitrogens is 3. The molecule has 0 fully saturated rings. The lowest BCUT2D eigenvalue weighted by Crippen LogP contribution is -2.04. The number of nitrogens with zero attached hydrogens (tertiary/aromatic N) is 3. The first-order valence-corrected chi connectivity index (χ1v) is 5.61. The highest BCUT2D eigenvalue weighted by Crippen LogP contribution is 2.11. The van der Waals surface area contributed by atoms with Crippen molar-refractivity contribution in [3.05, 3.63) is 35.9 Å². The van der Waals surface area contributed by atoms with E-state index in [0.29, 0.717) is 6.54 Å². The van der Waals surface area contributed by atoms with Crippen molar-refractivity contribution < 1.29 is 0 Å². The molecule has 15 heavy (non-hydrogen) atoms. The van der Waals surface area contributed by atoms with Gasteiger partial charge in [-0.1, -0.05) is 13.0 Å². The van der Waals surface area contributed by atoms with Crippen molar-refractivity contribution in [1.82, 2.24) is 14.3 Å². The maximum atomic E-state index is 4.34. The molecule has 0 aliphatic heterocycles. The summed E-state index contributed by atoms with van der Waals surface area (Å²) >= 11 is 1.36. The topological polar surface area (TPSA) is 50.7 Å². The molecule has 0 spiro atoms. The normalized spacial score (nSPS) is 10.2. The number of hydrogen-bond acceptors (Lipinski definition) is 5. The van der Waals surface area contributed by atoms with Gasteiger partial charge in [0.25, 0.3) is 0 Å². The van der Waals surface area contributed by atoms with Gasteiger partial charge in [-0.05, 0) is 18.1 Å². The fourth-order valence-electron chi connectivity index (χ4n) is 1.36. The standard InChI is InChI=1S/C10H12N4S/c1-2-8-4-3-5-11-9(8)6-12-10-13-7-14-15-10/h3-5,7H,2,6H2,1H3,(H,12,13,14). The summed E-state index contributed by atoms with van der Waals surface area (Å²) in [6, 6.07) is 4.07. The van der Waals surface area contributed by atoms with Crippen LogP contribution in [0, 0.1) is 0 Å². The quantitative estimate of drug-likeness (QED) is 0.857. The fraction of sp³-hybridized carbons (Fsp3) is 0.300. The van der Waals surface area contributed by atoms with E-state index in [1.165, 1.54) is 17.1 Å². The molecule has 2 heterocycles. The highest BCUT2D eigenvalue weighted by Gasteiger charge is 2.02. The highest BCUT2D eigenvalue weighted by molar-refractivity contribution is 7.09. The van der Waals surface area contributed by atoms with Crippen LogP contribution in [0.25, 0.3) is 0 Å². The van der Waals surface area contributed by atoms with Crippen LogP contribution in [0.15, 0.2) is 24.7 Å². The van der Waals surface area contributed by atoms with Crippen LogP contribution in [0.5, 0.6) is 0 Å². The molecule has 0 aliphatic rings. The molecule has 0 atom stereocenters. The van der Waals surface area contributed by atoms with Gasteiger partial charge in [-0.2, -0.15) is 4.37 Å². The van der Waals surface area contributed by atoms with Crippen LogP contribution >= 0.6 is 11.5 Å². The summed E-state index contributed by atoms with van der Waals surface area (Å²) in [6.07, 6.45) is 4.36. The zero-order valence-electron chi connectivity index (χ0n) is 8.47. The maximum Gasteiger partial charge on any atom is 0.202 e. The third-order valence-corrected chi connectivity index (χ3v) is 2.76. The Morgan fingerprint density at radius 1 is 1.40 bits per heavy atom. The molecule has 78 valence electrons. The minimum Gasteiger partial charge on any atom is -0.355 e. The second kappa shape index (κ2) is 4.84. The van der Waals surface area contributed by atoms with E-state index >= 15 is 0 Å². The van der Waals surface area contributed by atoms with Crippen molar-refractivity contribution >= 4 is 16.7 Å². The number of nitrogens with one attached hydrogen (secondary N) is 1. The van der Waals surface area contributed by atoms with Gasteiger partial charge in [0, 0.05) is 17.7 Å². The summed E-state index contributed by atoms with van der Waals surface area (Å²) in [7, 11) is 0. The van der Waals surface area contributed by atoms with Crippen LogP contribution in [0.1, 0.15) is 18.2 Å². The molecular formula is C10H12N4S. The molecular weight excluding hydrogens is 208 g/mol. The van der Waals surface area contributed by atoms with Crippen LogP contribution in [0.4, 0.5) is 5.13 Å². The Balaban J connectivity index is 2.04. The van der Waals surface area contributed by atoms with Crippen LogP contribution in [-0.4, -0.2) is 14.3 Å². The van der Waals surface area contributed by atoms with Gasteiger partial charge in [-0.15, -0.1) is 0 Å². The van der Waals surface area contributed by atoms with Crippen LogP contribution < -0.4 is 5.32 Å². The number of anilines is 1. The van der Waals surface area contributed by atoms with Crippen molar-refractivity contribution in [3.63, 3.8) is 0 Å². The summed E-state index contributed by atoms with van der Waals surface area (Å²) in [4.78, 5) is 8.40. The van der Waals surface area contributed by atoms with E-state index in [0.717, 1.165) is 17.2 Å².